The quantitative estimate of drug-likeness (QED) is 0.854. The van der Waals surface area contributed by atoms with E-state index in [0.717, 1.165) is 12.4 Å². The normalized spacial score (nSPS) is 24.8. The average Bonchev–Trinajstić information content (AvgIpc) is 2.38. The number of anilines is 1. The summed E-state index contributed by atoms with van der Waals surface area (Å²) in [5.74, 6) is 1.44. The molecule has 94 valence electrons. The first kappa shape index (κ1) is 12.1. The van der Waals surface area contributed by atoms with Crippen molar-refractivity contribution in [2.75, 3.05) is 18.6 Å². The molecule has 2 atom stereocenters. The molecule has 0 aromatic carbocycles. The lowest BCUT2D eigenvalue weighted by Gasteiger charge is -2.40. The molecule has 5 heteroatoms. The molecule has 0 radical (unpaired) electrons. The van der Waals surface area contributed by atoms with E-state index >= 15 is 0 Å². The van der Waals surface area contributed by atoms with Gasteiger partial charge in [-0.1, -0.05) is 0 Å². The Labute approximate surface area is 102 Å². The molecular formula is C12H20N4O. The van der Waals surface area contributed by atoms with E-state index in [4.69, 9.17) is 10.5 Å². The van der Waals surface area contributed by atoms with E-state index in [0.29, 0.717) is 24.4 Å². The lowest BCUT2D eigenvalue weighted by atomic mass is 9.97. The summed E-state index contributed by atoms with van der Waals surface area (Å²) in [7, 11) is 1.62. The van der Waals surface area contributed by atoms with Crippen LogP contribution in [-0.4, -0.2) is 35.7 Å². The van der Waals surface area contributed by atoms with Crippen LogP contribution in [0.25, 0.3) is 0 Å². The fourth-order valence-corrected chi connectivity index (χ4v) is 2.43. The number of nitrogens with two attached hydrogens (primary N) is 1. The molecule has 0 saturated carbocycles. The number of piperidine rings is 1. The number of aromatic nitrogens is 2. The molecule has 1 aromatic heterocycles. The molecule has 0 amide bonds. The Balaban J connectivity index is 2.21. The summed E-state index contributed by atoms with van der Waals surface area (Å²) in [6.07, 6.45) is 6.94. The van der Waals surface area contributed by atoms with Gasteiger partial charge in [-0.2, -0.15) is 0 Å². The lowest BCUT2D eigenvalue weighted by molar-refractivity contribution is 0.390. The second-order valence-corrected chi connectivity index (χ2v) is 4.50. The maximum absolute atomic E-state index is 5.83. The summed E-state index contributed by atoms with van der Waals surface area (Å²) in [5.41, 5.74) is 5.83. The minimum atomic E-state index is 0.354. The van der Waals surface area contributed by atoms with Gasteiger partial charge in [0.15, 0.2) is 5.75 Å². The Kier molecular flexibility index (Phi) is 3.78. The van der Waals surface area contributed by atoms with Crippen LogP contribution in [0.4, 0.5) is 5.95 Å². The number of hydrogen-bond donors (Lipinski definition) is 1. The zero-order valence-electron chi connectivity index (χ0n) is 10.5. The average molecular weight is 236 g/mol. The standard InChI is InChI=1S/C12H20N4O/c1-9-4-3-5-10(6-13)16(9)12-14-7-11(17-2)8-15-12/h7-10H,3-6,13H2,1-2H3. The minimum absolute atomic E-state index is 0.354. The molecule has 5 nitrogen and oxygen atoms in total. The van der Waals surface area contributed by atoms with Crippen molar-refractivity contribution in [3.8, 4) is 5.75 Å². The zero-order valence-corrected chi connectivity index (χ0v) is 10.5. The van der Waals surface area contributed by atoms with Gasteiger partial charge in [-0.25, -0.2) is 9.97 Å². The second kappa shape index (κ2) is 5.31. The van der Waals surface area contributed by atoms with Crippen molar-refractivity contribution in [2.24, 2.45) is 5.73 Å². The van der Waals surface area contributed by atoms with Crippen molar-refractivity contribution in [1.29, 1.82) is 0 Å². The van der Waals surface area contributed by atoms with Crippen molar-refractivity contribution in [2.45, 2.75) is 38.3 Å². The van der Waals surface area contributed by atoms with Gasteiger partial charge in [-0.3, -0.25) is 0 Å². The van der Waals surface area contributed by atoms with Crippen LogP contribution in [0.3, 0.4) is 0 Å². The van der Waals surface area contributed by atoms with Crippen molar-refractivity contribution in [3.63, 3.8) is 0 Å². The van der Waals surface area contributed by atoms with Gasteiger partial charge in [0.2, 0.25) is 5.95 Å². The van der Waals surface area contributed by atoms with Crippen LogP contribution in [0.1, 0.15) is 26.2 Å². The van der Waals surface area contributed by atoms with E-state index in [9.17, 15) is 0 Å². The van der Waals surface area contributed by atoms with Gasteiger partial charge in [-0.15, -0.1) is 0 Å². The molecule has 17 heavy (non-hydrogen) atoms. The van der Waals surface area contributed by atoms with Gasteiger partial charge >= 0.3 is 0 Å². The van der Waals surface area contributed by atoms with E-state index in [1.165, 1.54) is 12.8 Å². The molecule has 0 spiro atoms. The summed E-state index contributed by atoms with van der Waals surface area (Å²) in [5, 5.41) is 0. The first-order valence-electron chi connectivity index (χ1n) is 6.10. The third-order valence-corrected chi connectivity index (χ3v) is 3.38. The predicted octanol–water partition coefficient (Wildman–Crippen LogP) is 1.19. The smallest absolute Gasteiger partial charge is 0.226 e. The van der Waals surface area contributed by atoms with Crippen LogP contribution < -0.4 is 15.4 Å². The van der Waals surface area contributed by atoms with E-state index in [-0.39, 0.29) is 0 Å². The predicted molar refractivity (Wildman–Crippen MR) is 67.2 cm³/mol. The van der Waals surface area contributed by atoms with Gasteiger partial charge in [0, 0.05) is 18.6 Å². The van der Waals surface area contributed by atoms with Crippen molar-refractivity contribution < 1.29 is 4.74 Å². The summed E-state index contributed by atoms with van der Waals surface area (Å²) in [6.45, 7) is 2.86. The maximum atomic E-state index is 5.83. The summed E-state index contributed by atoms with van der Waals surface area (Å²) < 4.78 is 5.07. The van der Waals surface area contributed by atoms with Crippen molar-refractivity contribution in [1.82, 2.24) is 9.97 Å². The summed E-state index contributed by atoms with van der Waals surface area (Å²) in [6, 6.07) is 0.804. The molecule has 1 aliphatic rings. The summed E-state index contributed by atoms with van der Waals surface area (Å²) >= 11 is 0. The van der Waals surface area contributed by atoms with E-state index in [2.05, 4.69) is 21.8 Å². The number of rotatable bonds is 3. The molecular weight excluding hydrogens is 216 g/mol. The topological polar surface area (TPSA) is 64.3 Å². The Morgan fingerprint density at radius 2 is 2.12 bits per heavy atom. The SMILES string of the molecule is COc1cnc(N2C(C)CCCC2CN)nc1. The minimum Gasteiger partial charge on any atom is -0.494 e. The lowest BCUT2D eigenvalue weighted by Crippen LogP contribution is -2.49. The highest BCUT2D eigenvalue weighted by Gasteiger charge is 2.28. The number of nitrogens with zero attached hydrogens (tertiary/aromatic N) is 3. The van der Waals surface area contributed by atoms with Gasteiger partial charge in [-0.05, 0) is 26.2 Å². The van der Waals surface area contributed by atoms with E-state index in [1.807, 2.05) is 0 Å². The van der Waals surface area contributed by atoms with E-state index < -0.39 is 0 Å². The third kappa shape index (κ3) is 2.49. The number of hydrogen-bond acceptors (Lipinski definition) is 5. The maximum Gasteiger partial charge on any atom is 0.226 e. The Hall–Kier alpha value is -1.36. The monoisotopic (exact) mass is 236 g/mol. The molecule has 1 fully saturated rings. The molecule has 2 rings (SSSR count). The van der Waals surface area contributed by atoms with Crippen LogP contribution in [0, 0.1) is 0 Å². The highest BCUT2D eigenvalue weighted by Crippen LogP contribution is 2.26. The summed E-state index contributed by atoms with van der Waals surface area (Å²) in [4.78, 5) is 11.0. The third-order valence-electron chi connectivity index (χ3n) is 3.38. The molecule has 2 unspecified atom stereocenters. The highest BCUT2D eigenvalue weighted by molar-refractivity contribution is 5.35. The van der Waals surface area contributed by atoms with Crippen molar-refractivity contribution in [3.05, 3.63) is 12.4 Å². The molecule has 2 N–H and O–H groups in total. The first-order chi connectivity index (χ1) is 8.26. The number of methoxy groups -OCH3 is 1. The molecule has 2 heterocycles. The fraction of sp³-hybridized carbons (Fsp3) is 0.667. The van der Waals surface area contributed by atoms with Crippen LogP contribution >= 0.6 is 0 Å². The molecule has 1 saturated heterocycles. The first-order valence-corrected chi connectivity index (χ1v) is 6.10. The van der Waals surface area contributed by atoms with Crippen LogP contribution in [-0.2, 0) is 0 Å². The van der Waals surface area contributed by atoms with Gasteiger partial charge in [0.25, 0.3) is 0 Å². The zero-order chi connectivity index (χ0) is 12.3. The Morgan fingerprint density at radius 1 is 1.41 bits per heavy atom. The largest absolute Gasteiger partial charge is 0.494 e. The highest BCUT2D eigenvalue weighted by atomic mass is 16.5. The molecule has 0 aliphatic carbocycles. The van der Waals surface area contributed by atoms with Crippen LogP contribution in [0.2, 0.25) is 0 Å². The van der Waals surface area contributed by atoms with E-state index in [1.54, 1.807) is 19.5 Å². The van der Waals surface area contributed by atoms with Gasteiger partial charge in [0.05, 0.1) is 19.5 Å². The number of ether oxygens (including phenoxy) is 1. The molecule has 1 aromatic rings. The van der Waals surface area contributed by atoms with Gasteiger partial charge in [0.1, 0.15) is 0 Å². The Morgan fingerprint density at radius 3 is 2.71 bits per heavy atom. The van der Waals surface area contributed by atoms with Crippen LogP contribution in [0.15, 0.2) is 12.4 Å². The second-order valence-electron chi connectivity index (χ2n) is 4.50. The van der Waals surface area contributed by atoms with Crippen molar-refractivity contribution >= 4 is 5.95 Å². The Bertz CT molecular complexity index is 354. The van der Waals surface area contributed by atoms with Gasteiger partial charge < -0.3 is 15.4 Å². The van der Waals surface area contributed by atoms with Crippen LogP contribution in [0.5, 0.6) is 5.75 Å². The fourth-order valence-electron chi connectivity index (χ4n) is 2.43. The molecule has 0 bridgehead atoms. The molecule has 1 aliphatic heterocycles.